The summed E-state index contributed by atoms with van der Waals surface area (Å²) < 4.78 is 0. The molecule has 0 amide bonds. The normalized spacial score (nSPS) is 14.1. The Morgan fingerprint density at radius 3 is 2.67 bits per heavy atom. The van der Waals surface area contributed by atoms with Crippen LogP contribution < -0.4 is 5.32 Å². The van der Waals surface area contributed by atoms with Gasteiger partial charge >= 0.3 is 0 Å². The molecule has 15 heavy (non-hydrogen) atoms. The summed E-state index contributed by atoms with van der Waals surface area (Å²) in [6, 6.07) is 2.65. The van der Waals surface area contributed by atoms with E-state index in [0.29, 0.717) is 6.04 Å². The monoisotopic (exact) mass is 245 g/mol. The predicted octanol–water partition coefficient (Wildman–Crippen LogP) is 3.88. The maximum Gasteiger partial charge on any atom is 0.0238 e. The molecule has 1 unspecified atom stereocenters. The fourth-order valence-corrected chi connectivity index (χ4v) is 2.47. The van der Waals surface area contributed by atoms with Gasteiger partial charge in [0.1, 0.15) is 0 Å². The summed E-state index contributed by atoms with van der Waals surface area (Å²) in [6.07, 6.45) is 1.02. The number of hydrogen-bond acceptors (Lipinski definition) is 2. The predicted molar refractivity (Wildman–Crippen MR) is 69.7 cm³/mol. The van der Waals surface area contributed by atoms with Crippen LogP contribution in [0.15, 0.2) is 16.8 Å². The number of halogens is 1. The molecule has 0 aliphatic rings. The average Bonchev–Trinajstić information content (AvgIpc) is 2.62. The van der Waals surface area contributed by atoms with Gasteiger partial charge in [-0.15, -0.1) is 11.6 Å². The molecule has 1 nitrogen and oxygen atoms in total. The molecule has 1 N–H and O–H groups in total. The summed E-state index contributed by atoms with van der Waals surface area (Å²) in [5.41, 5.74) is 1.63. The van der Waals surface area contributed by atoms with E-state index in [1.165, 1.54) is 5.56 Å². The third kappa shape index (κ3) is 4.54. The van der Waals surface area contributed by atoms with Gasteiger partial charge in [0.05, 0.1) is 0 Å². The lowest BCUT2D eigenvalue weighted by molar-refractivity contribution is 0.261. The molecule has 1 heterocycles. The number of nitrogens with one attached hydrogen (secondary N) is 1. The van der Waals surface area contributed by atoms with Crippen LogP contribution in [0.2, 0.25) is 0 Å². The number of alkyl halides is 1. The minimum atomic E-state index is 0.269. The van der Waals surface area contributed by atoms with Gasteiger partial charge in [-0.25, -0.2) is 0 Å². The summed E-state index contributed by atoms with van der Waals surface area (Å²) >= 11 is 7.57. The number of thiophene rings is 1. The second kappa shape index (κ2) is 5.88. The van der Waals surface area contributed by atoms with Crippen molar-refractivity contribution in [1.29, 1.82) is 0 Å². The fourth-order valence-electron chi connectivity index (χ4n) is 1.58. The molecule has 1 aromatic rings. The van der Waals surface area contributed by atoms with Crippen molar-refractivity contribution in [3.8, 4) is 0 Å². The minimum absolute atomic E-state index is 0.269. The van der Waals surface area contributed by atoms with Gasteiger partial charge in [-0.2, -0.15) is 11.3 Å². The molecule has 1 rings (SSSR count). The topological polar surface area (TPSA) is 12.0 Å². The Hall–Kier alpha value is -0.0500. The summed E-state index contributed by atoms with van der Waals surface area (Å²) in [5, 5.41) is 7.89. The Morgan fingerprint density at radius 2 is 2.20 bits per heavy atom. The van der Waals surface area contributed by atoms with E-state index < -0.39 is 0 Å². The lowest BCUT2D eigenvalue weighted by atomic mass is 9.85. The average molecular weight is 246 g/mol. The molecule has 0 fully saturated rings. The minimum Gasteiger partial charge on any atom is -0.309 e. The van der Waals surface area contributed by atoms with Crippen molar-refractivity contribution in [3.05, 3.63) is 22.4 Å². The van der Waals surface area contributed by atoms with Gasteiger partial charge in [-0.1, -0.05) is 20.8 Å². The molecule has 0 aromatic carbocycles. The van der Waals surface area contributed by atoms with Crippen molar-refractivity contribution in [2.45, 2.75) is 39.8 Å². The van der Waals surface area contributed by atoms with Crippen molar-refractivity contribution in [2.24, 2.45) is 5.41 Å². The van der Waals surface area contributed by atoms with Crippen LogP contribution in [0.25, 0.3) is 0 Å². The van der Waals surface area contributed by atoms with Crippen molar-refractivity contribution in [2.75, 3.05) is 5.88 Å². The lowest BCUT2D eigenvalue weighted by Crippen LogP contribution is -2.40. The Balaban J connectivity index is 2.45. The third-order valence-corrected chi connectivity index (χ3v) is 3.53. The molecule has 1 aromatic heterocycles. The Bertz CT molecular complexity index is 264. The van der Waals surface area contributed by atoms with E-state index in [1.807, 2.05) is 0 Å². The standard InChI is InChI=1S/C12H20ClNS/c1-12(2,3)11(4-6-13)14-8-10-5-7-15-9-10/h5,7,9,11,14H,4,6,8H2,1-3H3. The molecule has 0 aliphatic heterocycles. The van der Waals surface area contributed by atoms with E-state index in [2.05, 4.69) is 42.9 Å². The molecule has 0 spiro atoms. The zero-order valence-corrected chi connectivity index (χ0v) is 11.3. The van der Waals surface area contributed by atoms with Crippen molar-refractivity contribution >= 4 is 22.9 Å². The molecule has 0 saturated heterocycles. The van der Waals surface area contributed by atoms with E-state index in [-0.39, 0.29) is 5.41 Å². The Labute approximate surface area is 102 Å². The summed E-state index contributed by atoms with van der Waals surface area (Å²) in [6.45, 7) is 7.71. The maximum atomic E-state index is 5.83. The van der Waals surface area contributed by atoms with Gasteiger partial charge in [0.15, 0.2) is 0 Å². The van der Waals surface area contributed by atoms with E-state index >= 15 is 0 Å². The lowest BCUT2D eigenvalue weighted by Gasteiger charge is -2.31. The van der Waals surface area contributed by atoms with E-state index in [9.17, 15) is 0 Å². The first-order chi connectivity index (χ1) is 7.04. The Morgan fingerprint density at radius 1 is 1.47 bits per heavy atom. The third-order valence-electron chi connectivity index (χ3n) is 2.58. The van der Waals surface area contributed by atoms with E-state index in [4.69, 9.17) is 11.6 Å². The van der Waals surface area contributed by atoms with Crippen LogP contribution in [0, 0.1) is 5.41 Å². The highest BCUT2D eigenvalue weighted by Gasteiger charge is 2.23. The smallest absolute Gasteiger partial charge is 0.0238 e. The van der Waals surface area contributed by atoms with Gasteiger partial charge in [0.2, 0.25) is 0 Å². The summed E-state index contributed by atoms with van der Waals surface area (Å²) in [4.78, 5) is 0. The van der Waals surface area contributed by atoms with Crippen LogP contribution in [0.4, 0.5) is 0 Å². The van der Waals surface area contributed by atoms with Gasteiger partial charge in [-0.3, -0.25) is 0 Å². The highest BCUT2D eigenvalue weighted by molar-refractivity contribution is 7.07. The van der Waals surface area contributed by atoms with Crippen LogP contribution in [-0.2, 0) is 6.54 Å². The molecule has 0 saturated carbocycles. The summed E-state index contributed by atoms with van der Waals surface area (Å²) in [7, 11) is 0. The zero-order chi connectivity index (χ0) is 11.3. The molecular weight excluding hydrogens is 226 g/mol. The van der Waals surface area contributed by atoms with Gasteiger partial charge in [-0.05, 0) is 34.2 Å². The van der Waals surface area contributed by atoms with Crippen LogP contribution in [0.5, 0.6) is 0 Å². The van der Waals surface area contributed by atoms with Crippen LogP contribution in [0.1, 0.15) is 32.8 Å². The highest BCUT2D eigenvalue weighted by Crippen LogP contribution is 2.22. The first-order valence-corrected chi connectivity index (χ1v) is 6.82. The van der Waals surface area contributed by atoms with Crippen LogP contribution in [0.3, 0.4) is 0 Å². The molecule has 86 valence electrons. The summed E-state index contributed by atoms with van der Waals surface area (Å²) in [5.74, 6) is 0.721. The second-order valence-electron chi connectivity index (χ2n) is 4.91. The first-order valence-electron chi connectivity index (χ1n) is 5.34. The van der Waals surface area contributed by atoms with Gasteiger partial charge in [0, 0.05) is 18.5 Å². The second-order valence-corrected chi connectivity index (χ2v) is 6.07. The number of hydrogen-bond donors (Lipinski definition) is 1. The molecular formula is C12H20ClNS. The quantitative estimate of drug-likeness (QED) is 0.777. The van der Waals surface area contributed by atoms with Crippen LogP contribution in [-0.4, -0.2) is 11.9 Å². The van der Waals surface area contributed by atoms with E-state index in [1.54, 1.807) is 11.3 Å². The van der Waals surface area contributed by atoms with Crippen molar-refractivity contribution in [1.82, 2.24) is 5.32 Å². The zero-order valence-electron chi connectivity index (χ0n) is 9.72. The Kier molecular flexibility index (Phi) is 5.10. The molecule has 0 radical (unpaired) electrons. The fraction of sp³-hybridized carbons (Fsp3) is 0.667. The first kappa shape index (κ1) is 13.0. The van der Waals surface area contributed by atoms with E-state index in [0.717, 1.165) is 18.8 Å². The van der Waals surface area contributed by atoms with Crippen LogP contribution >= 0.6 is 22.9 Å². The number of rotatable bonds is 5. The SMILES string of the molecule is CC(C)(C)C(CCCl)NCc1ccsc1. The maximum absolute atomic E-state index is 5.83. The van der Waals surface area contributed by atoms with Gasteiger partial charge < -0.3 is 5.32 Å². The molecule has 3 heteroatoms. The largest absolute Gasteiger partial charge is 0.309 e. The van der Waals surface area contributed by atoms with Crippen molar-refractivity contribution < 1.29 is 0 Å². The molecule has 0 bridgehead atoms. The molecule has 0 aliphatic carbocycles. The highest BCUT2D eigenvalue weighted by atomic mass is 35.5. The van der Waals surface area contributed by atoms with Crippen molar-refractivity contribution in [3.63, 3.8) is 0 Å². The molecule has 1 atom stereocenters. The van der Waals surface area contributed by atoms with Gasteiger partial charge in [0.25, 0.3) is 0 Å².